The van der Waals surface area contributed by atoms with Gasteiger partial charge >= 0.3 is 0 Å². The molecule has 0 spiro atoms. The van der Waals surface area contributed by atoms with Gasteiger partial charge in [-0.15, -0.1) is 0 Å². The van der Waals surface area contributed by atoms with Gasteiger partial charge in [0.15, 0.2) is 0 Å². The van der Waals surface area contributed by atoms with Crippen LogP contribution in [0.5, 0.6) is 0 Å². The smallest absolute Gasteiger partial charge is 0.0594 e. The molecule has 0 bridgehead atoms. The third-order valence-corrected chi connectivity index (χ3v) is 3.18. The van der Waals surface area contributed by atoms with Crippen molar-refractivity contribution in [1.29, 1.82) is 0 Å². The van der Waals surface area contributed by atoms with Crippen molar-refractivity contribution in [3.05, 3.63) is 0 Å². The summed E-state index contributed by atoms with van der Waals surface area (Å²) in [7, 11) is 0. The molecule has 104 valence electrons. The molecular weight excluding hydrogens is 212 g/mol. The monoisotopic (exact) mass is 244 g/mol. The summed E-state index contributed by atoms with van der Waals surface area (Å²) in [5, 5.41) is 0. The molecule has 2 saturated heterocycles. The van der Waals surface area contributed by atoms with Crippen molar-refractivity contribution in [2.45, 2.75) is 53.6 Å². The summed E-state index contributed by atoms with van der Waals surface area (Å²) in [6, 6.07) is 1.53. The van der Waals surface area contributed by atoms with Crippen molar-refractivity contribution in [2.75, 3.05) is 39.4 Å². The fraction of sp³-hybridized carbons (Fsp3) is 1.00. The zero-order valence-corrected chi connectivity index (χ0v) is 12.7. The first kappa shape index (κ1) is 16.9. The van der Waals surface area contributed by atoms with Gasteiger partial charge in [-0.3, -0.25) is 9.80 Å². The summed E-state index contributed by atoms with van der Waals surface area (Å²) in [4.78, 5) is 5.10. The van der Waals surface area contributed by atoms with E-state index in [-0.39, 0.29) is 0 Å². The van der Waals surface area contributed by atoms with Gasteiger partial charge < -0.3 is 4.74 Å². The highest BCUT2D eigenvalue weighted by Crippen LogP contribution is 2.18. The molecule has 0 unspecified atom stereocenters. The summed E-state index contributed by atoms with van der Waals surface area (Å²) in [5.41, 5.74) is 0. The predicted octanol–water partition coefficient (Wildman–Crippen LogP) is 2.46. The molecule has 0 aromatic heterocycles. The summed E-state index contributed by atoms with van der Waals surface area (Å²) in [6.07, 6.45) is 0. The van der Waals surface area contributed by atoms with Crippen LogP contribution < -0.4 is 0 Å². The summed E-state index contributed by atoms with van der Waals surface area (Å²) < 4.78 is 5.34. The molecule has 0 saturated carbocycles. The highest BCUT2D eigenvalue weighted by atomic mass is 16.5. The lowest BCUT2D eigenvalue weighted by atomic mass is 10.0. The van der Waals surface area contributed by atoms with Crippen LogP contribution >= 0.6 is 0 Å². The zero-order chi connectivity index (χ0) is 13.3. The van der Waals surface area contributed by atoms with Crippen LogP contribution in [-0.2, 0) is 4.74 Å². The molecule has 0 N–H and O–H groups in total. The van der Waals surface area contributed by atoms with E-state index in [4.69, 9.17) is 4.74 Å². The lowest BCUT2D eigenvalue weighted by Crippen LogP contribution is -2.62. The molecule has 3 heteroatoms. The molecule has 2 rings (SSSR count). The quantitative estimate of drug-likeness (QED) is 0.742. The largest absolute Gasteiger partial charge is 0.379 e. The number of nitrogens with zero attached hydrogens (tertiary/aromatic N) is 2. The highest BCUT2D eigenvalue weighted by Gasteiger charge is 2.33. The molecule has 3 nitrogen and oxygen atoms in total. The van der Waals surface area contributed by atoms with E-state index in [0.29, 0.717) is 0 Å². The number of ether oxygens (including phenoxy) is 1. The van der Waals surface area contributed by atoms with E-state index < -0.39 is 0 Å². The number of rotatable bonds is 2. The minimum Gasteiger partial charge on any atom is -0.379 e. The van der Waals surface area contributed by atoms with Gasteiger partial charge in [-0.1, -0.05) is 27.7 Å². The predicted molar refractivity (Wildman–Crippen MR) is 75.6 cm³/mol. The van der Waals surface area contributed by atoms with Crippen LogP contribution in [0.15, 0.2) is 0 Å². The first-order chi connectivity index (χ1) is 8.27. The summed E-state index contributed by atoms with van der Waals surface area (Å²) in [5.74, 6) is 0. The van der Waals surface area contributed by atoms with E-state index in [1.807, 2.05) is 27.7 Å². The SMILES string of the molecule is CC.CC.CC(C)N1CC(N2CCOCC2)C1. The standard InChI is InChI=1S/C10H20N2O.2C2H6/c1-9(2)12-7-10(8-12)11-3-5-13-6-4-11;2*1-2/h9-10H,3-8H2,1-2H3;2*1-2H3. The fourth-order valence-electron chi connectivity index (χ4n) is 2.08. The Labute approximate surface area is 108 Å². The summed E-state index contributed by atoms with van der Waals surface area (Å²) >= 11 is 0. The zero-order valence-electron chi connectivity index (χ0n) is 12.7. The second-order valence-electron chi connectivity index (χ2n) is 4.35. The minimum atomic E-state index is 0.720. The lowest BCUT2D eigenvalue weighted by Gasteiger charge is -2.48. The van der Waals surface area contributed by atoms with Gasteiger partial charge in [-0.2, -0.15) is 0 Å². The number of hydrogen-bond acceptors (Lipinski definition) is 3. The van der Waals surface area contributed by atoms with Crippen molar-refractivity contribution in [3.8, 4) is 0 Å². The van der Waals surface area contributed by atoms with Gasteiger partial charge in [0.2, 0.25) is 0 Å². The number of likely N-dealkylation sites (tertiary alicyclic amines) is 1. The van der Waals surface area contributed by atoms with Gasteiger partial charge in [0.25, 0.3) is 0 Å². The van der Waals surface area contributed by atoms with Gasteiger partial charge in [0.1, 0.15) is 0 Å². The van der Waals surface area contributed by atoms with Gasteiger partial charge in [-0.25, -0.2) is 0 Å². The molecule has 0 amide bonds. The molecule has 2 aliphatic rings. The molecule has 2 heterocycles. The van der Waals surface area contributed by atoms with Gasteiger partial charge in [0.05, 0.1) is 13.2 Å². The van der Waals surface area contributed by atoms with Crippen molar-refractivity contribution in [3.63, 3.8) is 0 Å². The topological polar surface area (TPSA) is 15.7 Å². The third kappa shape index (κ3) is 5.36. The van der Waals surface area contributed by atoms with Gasteiger partial charge in [0, 0.05) is 38.3 Å². The Bertz CT molecular complexity index is 162. The highest BCUT2D eigenvalue weighted by molar-refractivity contribution is 4.90. The fourth-order valence-corrected chi connectivity index (χ4v) is 2.08. The van der Waals surface area contributed by atoms with Crippen molar-refractivity contribution in [2.24, 2.45) is 0 Å². The van der Waals surface area contributed by atoms with Crippen molar-refractivity contribution < 1.29 is 4.74 Å². The van der Waals surface area contributed by atoms with Crippen LogP contribution in [0.1, 0.15) is 41.5 Å². The van der Waals surface area contributed by atoms with E-state index in [1.54, 1.807) is 0 Å². The molecule has 0 atom stereocenters. The first-order valence-electron chi connectivity index (χ1n) is 7.33. The van der Waals surface area contributed by atoms with Crippen LogP contribution in [0.4, 0.5) is 0 Å². The second-order valence-corrected chi connectivity index (χ2v) is 4.35. The Kier molecular flexibility index (Phi) is 9.79. The number of hydrogen-bond donors (Lipinski definition) is 0. The molecule has 2 fully saturated rings. The van der Waals surface area contributed by atoms with Crippen molar-refractivity contribution in [1.82, 2.24) is 9.80 Å². The normalized spacial score (nSPS) is 22.1. The Balaban J connectivity index is 0.000000581. The van der Waals surface area contributed by atoms with E-state index in [1.165, 1.54) is 13.1 Å². The molecular formula is C14H32N2O. The van der Waals surface area contributed by atoms with E-state index in [9.17, 15) is 0 Å². The Morgan fingerprint density at radius 3 is 1.82 bits per heavy atom. The first-order valence-corrected chi connectivity index (χ1v) is 7.33. The molecule has 0 radical (unpaired) electrons. The van der Waals surface area contributed by atoms with E-state index in [2.05, 4.69) is 23.6 Å². The maximum Gasteiger partial charge on any atom is 0.0594 e. The Morgan fingerprint density at radius 1 is 0.941 bits per heavy atom. The average Bonchev–Trinajstić information content (AvgIpc) is 2.33. The molecule has 17 heavy (non-hydrogen) atoms. The third-order valence-electron chi connectivity index (χ3n) is 3.18. The van der Waals surface area contributed by atoms with Crippen LogP contribution in [0.25, 0.3) is 0 Å². The second kappa shape index (κ2) is 9.86. The molecule has 2 aliphatic heterocycles. The Hall–Kier alpha value is -0.120. The molecule has 0 aromatic rings. The minimum absolute atomic E-state index is 0.720. The van der Waals surface area contributed by atoms with E-state index >= 15 is 0 Å². The van der Waals surface area contributed by atoms with Crippen LogP contribution in [0, 0.1) is 0 Å². The lowest BCUT2D eigenvalue weighted by molar-refractivity contribution is -0.0407. The Morgan fingerprint density at radius 2 is 1.41 bits per heavy atom. The van der Waals surface area contributed by atoms with Crippen LogP contribution in [-0.4, -0.2) is 61.3 Å². The van der Waals surface area contributed by atoms with Crippen LogP contribution in [0.2, 0.25) is 0 Å². The number of morpholine rings is 1. The van der Waals surface area contributed by atoms with Gasteiger partial charge in [-0.05, 0) is 13.8 Å². The summed E-state index contributed by atoms with van der Waals surface area (Å²) in [6.45, 7) is 19.2. The maximum atomic E-state index is 5.34. The molecule has 0 aromatic carbocycles. The molecule has 0 aliphatic carbocycles. The van der Waals surface area contributed by atoms with Crippen LogP contribution in [0.3, 0.4) is 0 Å². The average molecular weight is 244 g/mol. The van der Waals surface area contributed by atoms with Crippen molar-refractivity contribution >= 4 is 0 Å². The van der Waals surface area contributed by atoms with E-state index in [0.717, 1.165) is 38.4 Å². The maximum absolute atomic E-state index is 5.34.